The van der Waals surface area contributed by atoms with Gasteiger partial charge in [0.2, 0.25) is 0 Å². The smallest absolute Gasteiger partial charge is 0.412 e. The van der Waals surface area contributed by atoms with Gasteiger partial charge in [0.05, 0.1) is 17.0 Å². The van der Waals surface area contributed by atoms with Gasteiger partial charge in [-0.05, 0) is 56.9 Å². The van der Waals surface area contributed by atoms with E-state index in [2.05, 4.69) is 28.2 Å². The van der Waals surface area contributed by atoms with Gasteiger partial charge < -0.3 is 9.64 Å². The standard InChI is InChI=1S/C19H23N3O2S.ClH/c1-14-4-2-3-5-15(14)16-17(20-13-25-16)21-18(23)24-12-19-6-9-22(10-7-19)11-8-19;/h2-5,13H,6-12H2,1H3,(H,21,23);1H. The summed E-state index contributed by atoms with van der Waals surface area (Å²) in [5, 5.41) is 2.84. The molecular weight excluding hydrogens is 370 g/mol. The lowest BCUT2D eigenvalue weighted by molar-refractivity contribution is -0.0190. The Labute approximate surface area is 164 Å². The highest BCUT2D eigenvalue weighted by atomic mass is 35.5. The highest BCUT2D eigenvalue weighted by Crippen LogP contribution is 2.40. The third-order valence-corrected chi connectivity index (χ3v) is 6.42. The van der Waals surface area contributed by atoms with Crippen LogP contribution in [0.1, 0.15) is 24.8 Å². The lowest BCUT2D eigenvalue weighted by atomic mass is 9.73. The van der Waals surface area contributed by atoms with Gasteiger partial charge in [0.25, 0.3) is 0 Å². The predicted octanol–water partition coefficient (Wildman–Crippen LogP) is 4.57. The molecule has 2 aromatic rings. The average molecular weight is 394 g/mol. The fourth-order valence-electron chi connectivity index (χ4n) is 3.82. The fraction of sp³-hybridized carbons (Fsp3) is 0.474. The van der Waals surface area contributed by atoms with E-state index in [1.807, 2.05) is 18.2 Å². The molecule has 4 heterocycles. The quantitative estimate of drug-likeness (QED) is 0.826. The monoisotopic (exact) mass is 393 g/mol. The maximum Gasteiger partial charge on any atom is 0.412 e. The van der Waals surface area contributed by atoms with Crippen molar-refractivity contribution < 1.29 is 9.53 Å². The summed E-state index contributed by atoms with van der Waals surface area (Å²) in [6.07, 6.45) is 2.99. The molecule has 1 N–H and O–H groups in total. The van der Waals surface area contributed by atoms with E-state index in [9.17, 15) is 4.79 Å². The van der Waals surface area contributed by atoms with Crippen LogP contribution in [-0.4, -0.2) is 42.2 Å². The van der Waals surface area contributed by atoms with Crippen molar-refractivity contribution in [1.82, 2.24) is 9.88 Å². The molecule has 140 valence electrons. The number of hydrogen-bond acceptors (Lipinski definition) is 5. The van der Waals surface area contributed by atoms with Crippen LogP contribution in [0.4, 0.5) is 10.6 Å². The third-order valence-electron chi connectivity index (χ3n) is 5.56. The summed E-state index contributed by atoms with van der Waals surface area (Å²) in [5.41, 5.74) is 4.20. The Kier molecular flexibility index (Phi) is 5.85. The maximum absolute atomic E-state index is 12.3. The molecule has 0 unspecified atom stereocenters. The summed E-state index contributed by atoms with van der Waals surface area (Å²) in [4.78, 5) is 20.1. The summed E-state index contributed by atoms with van der Waals surface area (Å²) in [6.45, 7) is 5.97. The van der Waals surface area contributed by atoms with Gasteiger partial charge in [0.1, 0.15) is 0 Å². The van der Waals surface area contributed by atoms with Gasteiger partial charge in [-0.15, -0.1) is 23.7 Å². The van der Waals surface area contributed by atoms with Crippen molar-refractivity contribution >= 4 is 35.7 Å². The first-order chi connectivity index (χ1) is 12.2. The van der Waals surface area contributed by atoms with E-state index in [0.717, 1.165) is 54.9 Å². The van der Waals surface area contributed by atoms with Gasteiger partial charge in [-0.3, -0.25) is 5.32 Å². The molecular formula is C19H24ClN3O2S. The molecule has 1 aromatic heterocycles. The molecule has 5 nitrogen and oxygen atoms in total. The largest absolute Gasteiger partial charge is 0.449 e. The van der Waals surface area contributed by atoms with Gasteiger partial charge >= 0.3 is 6.09 Å². The van der Waals surface area contributed by atoms with Crippen LogP contribution in [-0.2, 0) is 4.74 Å². The zero-order valence-electron chi connectivity index (χ0n) is 14.9. The molecule has 3 aliphatic heterocycles. The zero-order valence-corrected chi connectivity index (χ0v) is 16.5. The molecule has 3 aliphatic rings. The second-order valence-electron chi connectivity index (χ2n) is 7.14. The molecule has 1 amide bonds. The summed E-state index contributed by atoms with van der Waals surface area (Å²) in [5.74, 6) is 0.584. The number of carbonyl (C=O) groups is 1. The van der Waals surface area contributed by atoms with E-state index in [-0.39, 0.29) is 17.8 Å². The number of fused-ring (bicyclic) bond motifs is 3. The molecule has 1 aromatic carbocycles. The molecule has 0 radical (unpaired) electrons. The second-order valence-corrected chi connectivity index (χ2v) is 7.99. The molecule has 5 rings (SSSR count). The Morgan fingerprint density at radius 3 is 2.65 bits per heavy atom. The third kappa shape index (κ3) is 3.87. The normalized spacial score (nSPS) is 24.0. The topological polar surface area (TPSA) is 54.5 Å². The number of thiazole rings is 1. The van der Waals surface area contributed by atoms with Crippen LogP contribution in [0.15, 0.2) is 29.8 Å². The van der Waals surface area contributed by atoms with Gasteiger partial charge in [0.15, 0.2) is 5.82 Å². The van der Waals surface area contributed by atoms with Gasteiger partial charge in [0, 0.05) is 5.41 Å². The van der Waals surface area contributed by atoms with E-state index >= 15 is 0 Å². The number of rotatable bonds is 4. The highest BCUT2D eigenvalue weighted by Gasteiger charge is 2.40. The van der Waals surface area contributed by atoms with Crippen molar-refractivity contribution in [1.29, 1.82) is 0 Å². The van der Waals surface area contributed by atoms with E-state index in [1.54, 1.807) is 5.51 Å². The van der Waals surface area contributed by atoms with Gasteiger partial charge in [-0.1, -0.05) is 24.3 Å². The van der Waals surface area contributed by atoms with Crippen molar-refractivity contribution in [2.75, 3.05) is 31.6 Å². The van der Waals surface area contributed by atoms with E-state index in [1.165, 1.54) is 11.3 Å². The van der Waals surface area contributed by atoms with E-state index in [0.29, 0.717) is 12.4 Å². The molecule has 7 heteroatoms. The fourth-order valence-corrected chi connectivity index (χ4v) is 4.65. The van der Waals surface area contributed by atoms with Gasteiger partial charge in [-0.2, -0.15) is 0 Å². The van der Waals surface area contributed by atoms with Crippen LogP contribution in [0, 0.1) is 12.3 Å². The number of aryl methyl sites for hydroxylation is 1. The second kappa shape index (κ2) is 7.94. The first-order valence-electron chi connectivity index (χ1n) is 8.81. The van der Waals surface area contributed by atoms with Crippen LogP contribution in [0.2, 0.25) is 0 Å². The molecule has 3 saturated heterocycles. The first kappa shape index (κ1) is 19.1. The number of carbonyl (C=O) groups excluding carboxylic acids is 1. The van der Waals surface area contributed by atoms with Crippen LogP contribution < -0.4 is 5.32 Å². The average Bonchev–Trinajstić information content (AvgIpc) is 3.10. The minimum absolute atomic E-state index is 0. The predicted molar refractivity (Wildman–Crippen MR) is 107 cm³/mol. The van der Waals surface area contributed by atoms with Crippen molar-refractivity contribution in [2.24, 2.45) is 5.41 Å². The Bertz CT molecular complexity index is 758. The summed E-state index contributed by atoms with van der Waals surface area (Å²) < 4.78 is 5.59. The molecule has 0 atom stereocenters. The van der Waals surface area contributed by atoms with Crippen molar-refractivity contribution in [3.63, 3.8) is 0 Å². The number of piperidine rings is 3. The Morgan fingerprint density at radius 2 is 1.96 bits per heavy atom. The van der Waals surface area contributed by atoms with Crippen LogP contribution in [0.5, 0.6) is 0 Å². The SMILES string of the molecule is Cc1ccccc1-c1scnc1NC(=O)OCC12CCN(CC1)CC2.Cl. The lowest BCUT2D eigenvalue weighted by Crippen LogP contribution is -2.50. The molecule has 2 bridgehead atoms. The number of benzene rings is 1. The van der Waals surface area contributed by atoms with Gasteiger partial charge in [-0.25, -0.2) is 9.78 Å². The minimum atomic E-state index is -0.400. The molecule has 0 saturated carbocycles. The van der Waals surface area contributed by atoms with E-state index in [4.69, 9.17) is 4.74 Å². The number of nitrogens with zero attached hydrogens (tertiary/aromatic N) is 2. The minimum Gasteiger partial charge on any atom is -0.449 e. The number of halogens is 1. The Morgan fingerprint density at radius 1 is 1.27 bits per heavy atom. The summed E-state index contributed by atoms with van der Waals surface area (Å²) in [6, 6.07) is 8.12. The summed E-state index contributed by atoms with van der Waals surface area (Å²) >= 11 is 1.53. The molecule has 0 spiro atoms. The first-order valence-corrected chi connectivity index (χ1v) is 9.69. The van der Waals surface area contributed by atoms with Crippen LogP contribution in [0.3, 0.4) is 0 Å². The lowest BCUT2D eigenvalue weighted by Gasteiger charge is -2.47. The maximum atomic E-state index is 12.3. The number of aromatic nitrogens is 1. The zero-order chi connectivity index (χ0) is 17.3. The molecule has 0 aliphatic carbocycles. The Balaban J connectivity index is 0.00000196. The van der Waals surface area contributed by atoms with Crippen molar-refractivity contribution in [3.05, 3.63) is 35.3 Å². The van der Waals surface area contributed by atoms with Crippen molar-refractivity contribution in [3.8, 4) is 10.4 Å². The van der Waals surface area contributed by atoms with Crippen LogP contribution in [0.25, 0.3) is 10.4 Å². The number of hydrogen-bond donors (Lipinski definition) is 1. The number of anilines is 1. The molecule has 26 heavy (non-hydrogen) atoms. The number of nitrogens with one attached hydrogen (secondary N) is 1. The number of amides is 1. The number of ether oxygens (including phenoxy) is 1. The Hall–Kier alpha value is -1.63. The molecule has 3 fully saturated rings. The summed E-state index contributed by atoms with van der Waals surface area (Å²) in [7, 11) is 0. The van der Waals surface area contributed by atoms with Crippen molar-refractivity contribution in [2.45, 2.75) is 26.2 Å². The van der Waals surface area contributed by atoms with E-state index < -0.39 is 6.09 Å². The van der Waals surface area contributed by atoms with Crippen LogP contribution >= 0.6 is 23.7 Å². The highest BCUT2D eigenvalue weighted by molar-refractivity contribution is 7.13.